The van der Waals surface area contributed by atoms with Crippen LogP contribution in [0, 0.1) is 5.92 Å². The Labute approximate surface area is 84.1 Å². The standard InChI is InChI=1S/C9H16ClNO2/c1-4-13-9(12)7(2)5-11-6-8(3)10/h7,11H,3-6H2,1-2H3. The average Bonchev–Trinajstić information content (AvgIpc) is 2.04. The second-order valence-corrected chi connectivity index (χ2v) is 3.34. The maximum atomic E-state index is 11.1. The Morgan fingerprint density at radius 2 is 2.31 bits per heavy atom. The van der Waals surface area contributed by atoms with Crippen LogP contribution >= 0.6 is 11.6 Å². The van der Waals surface area contributed by atoms with Crippen molar-refractivity contribution in [2.45, 2.75) is 13.8 Å². The zero-order valence-corrected chi connectivity index (χ0v) is 8.86. The summed E-state index contributed by atoms with van der Waals surface area (Å²) < 4.78 is 4.83. The van der Waals surface area contributed by atoms with Gasteiger partial charge < -0.3 is 10.1 Å². The van der Waals surface area contributed by atoms with Gasteiger partial charge in [-0.1, -0.05) is 25.1 Å². The number of rotatable bonds is 6. The molecule has 1 atom stereocenters. The summed E-state index contributed by atoms with van der Waals surface area (Å²) in [6.45, 7) is 8.62. The van der Waals surface area contributed by atoms with E-state index in [4.69, 9.17) is 16.3 Å². The number of ether oxygens (including phenoxy) is 1. The first-order chi connectivity index (χ1) is 6.07. The minimum Gasteiger partial charge on any atom is -0.466 e. The molecule has 3 nitrogen and oxygen atoms in total. The maximum absolute atomic E-state index is 11.1. The van der Waals surface area contributed by atoms with Crippen molar-refractivity contribution in [2.75, 3.05) is 19.7 Å². The highest BCUT2D eigenvalue weighted by molar-refractivity contribution is 6.29. The van der Waals surface area contributed by atoms with Crippen molar-refractivity contribution < 1.29 is 9.53 Å². The van der Waals surface area contributed by atoms with E-state index < -0.39 is 0 Å². The van der Waals surface area contributed by atoms with E-state index in [-0.39, 0.29) is 11.9 Å². The summed E-state index contributed by atoms with van der Waals surface area (Å²) in [7, 11) is 0. The molecule has 4 heteroatoms. The van der Waals surface area contributed by atoms with Gasteiger partial charge in [-0.3, -0.25) is 4.79 Å². The van der Waals surface area contributed by atoms with Crippen molar-refractivity contribution in [2.24, 2.45) is 5.92 Å². The molecule has 0 rings (SSSR count). The van der Waals surface area contributed by atoms with Crippen LogP contribution in [0.5, 0.6) is 0 Å². The summed E-state index contributed by atoms with van der Waals surface area (Å²) in [5, 5.41) is 3.53. The van der Waals surface area contributed by atoms with E-state index in [9.17, 15) is 4.79 Å². The molecule has 0 saturated heterocycles. The molecule has 0 aromatic heterocycles. The number of hydrogen-bond acceptors (Lipinski definition) is 3. The SMILES string of the molecule is C=C(Cl)CNCC(C)C(=O)OCC. The van der Waals surface area contributed by atoms with E-state index >= 15 is 0 Å². The van der Waals surface area contributed by atoms with Crippen molar-refractivity contribution in [3.63, 3.8) is 0 Å². The lowest BCUT2D eigenvalue weighted by Crippen LogP contribution is -2.28. The Morgan fingerprint density at radius 3 is 2.77 bits per heavy atom. The van der Waals surface area contributed by atoms with Gasteiger partial charge in [0.2, 0.25) is 0 Å². The molecular formula is C9H16ClNO2. The molecule has 76 valence electrons. The van der Waals surface area contributed by atoms with Gasteiger partial charge in [0.15, 0.2) is 0 Å². The summed E-state index contributed by atoms with van der Waals surface area (Å²) in [6, 6.07) is 0. The Morgan fingerprint density at radius 1 is 1.69 bits per heavy atom. The van der Waals surface area contributed by atoms with Crippen LogP contribution < -0.4 is 5.32 Å². The van der Waals surface area contributed by atoms with E-state index in [1.165, 1.54) is 0 Å². The number of nitrogens with one attached hydrogen (secondary N) is 1. The third-order valence-electron chi connectivity index (χ3n) is 1.46. The molecule has 0 aliphatic carbocycles. The number of carbonyl (C=O) groups is 1. The lowest BCUT2D eigenvalue weighted by molar-refractivity contribution is -0.147. The lowest BCUT2D eigenvalue weighted by Gasteiger charge is -2.10. The largest absolute Gasteiger partial charge is 0.466 e. The smallest absolute Gasteiger partial charge is 0.309 e. The highest BCUT2D eigenvalue weighted by Crippen LogP contribution is 1.98. The fourth-order valence-electron chi connectivity index (χ4n) is 0.792. The van der Waals surface area contributed by atoms with Gasteiger partial charge in [0.1, 0.15) is 0 Å². The molecule has 0 spiro atoms. The quantitative estimate of drug-likeness (QED) is 0.669. The molecular weight excluding hydrogens is 190 g/mol. The van der Waals surface area contributed by atoms with Crippen LogP contribution in [0.4, 0.5) is 0 Å². The molecule has 0 saturated carbocycles. The molecule has 0 aromatic rings. The van der Waals surface area contributed by atoms with Crippen molar-refractivity contribution in [1.82, 2.24) is 5.32 Å². The van der Waals surface area contributed by atoms with Crippen LogP contribution in [0.25, 0.3) is 0 Å². The Balaban J connectivity index is 3.55. The first-order valence-electron chi connectivity index (χ1n) is 4.28. The van der Waals surface area contributed by atoms with E-state index in [2.05, 4.69) is 11.9 Å². The molecule has 0 aliphatic heterocycles. The zero-order chi connectivity index (χ0) is 10.3. The van der Waals surface area contributed by atoms with Crippen LogP contribution in [-0.2, 0) is 9.53 Å². The Bertz CT molecular complexity index is 182. The van der Waals surface area contributed by atoms with Gasteiger partial charge in [-0.05, 0) is 6.92 Å². The molecule has 0 amide bonds. The van der Waals surface area contributed by atoms with Crippen molar-refractivity contribution >= 4 is 17.6 Å². The molecule has 13 heavy (non-hydrogen) atoms. The van der Waals surface area contributed by atoms with Gasteiger partial charge in [0.25, 0.3) is 0 Å². The molecule has 0 aromatic carbocycles. The van der Waals surface area contributed by atoms with Crippen LogP contribution in [0.3, 0.4) is 0 Å². The Hall–Kier alpha value is -0.540. The molecule has 0 fully saturated rings. The maximum Gasteiger partial charge on any atom is 0.309 e. The number of hydrogen-bond donors (Lipinski definition) is 1. The number of halogens is 1. The summed E-state index contributed by atoms with van der Waals surface area (Å²) >= 11 is 5.53. The van der Waals surface area contributed by atoms with Gasteiger partial charge in [-0.25, -0.2) is 0 Å². The first kappa shape index (κ1) is 12.5. The highest BCUT2D eigenvalue weighted by Gasteiger charge is 2.12. The first-order valence-corrected chi connectivity index (χ1v) is 4.66. The average molecular weight is 206 g/mol. The predicted octanol–water partition coefficient (Wildman–Crippen LogP) is 1.53. The number of carbonyl (C=O) groups excluding carboxylic acids is 1. The zero-order valence-electron chi connectivity index (χ0n) is 8.10. The third-order valence-corrected chi connectivity index (χ3v) is 1.59. The van der Waals surface area contributed by atoms with E-state index in [0.29, 0.717) is 24.7 Å². The van der Waals surface area contributed by atoms with Gasteiger partial charge in [0, 0.05) is 18.1 Å². The minimum absolute atomic E-state index is 0.143. The van der Waals surface area contributed by atoms with Crippen molar-refractivity contribution in [3.8, 4) is 0 Å². The second-order valence-electron chi connectivity index (χ2n) is 2.80. The monoisotopic (exact) mass is 205 g/mol. The molecule has 0 radical (unpaired) electrons. The van der Waals surface area contributed by atoms with E-state index in [1.54, 1.807) is 6.92 Å². The highest BCUT2D eigenvalue weighted by atomic mass is 35.5. The Kier molecular flexibility index (Phi) is 6.63. The molecule has 1 N–H and O–H groups in total. The van der Waals surface area contributed by atoms with Crippen molar-refractivity contribution in [3.05, 3.63) is 11.6 Å². The molecule has 0 heterocycles. The molecule has 0 bridgehead atoms. The normalized spacial score (nSPS) is 12.2. The summed E-state index contributed by atoms with van der Waals surface area (Å²) in [6.07, 6.45) is 0. The van der Waals surface area contributed by atoms with Crippen LogP contribution in [0.2, 0.25) is 0 Å². The van der Waals surface area contributed by atoms with Crippen LogP contribution in [0.15, 0.2) is 11.6 Å². The second kappa shape index (κ2) is 6.92. The van der Waals surface area contributed by atoms with Crippen molar-refractivity contribution in [1.29, 1.82) is 0 Å². The van der Waals surface area contributed by atoms with Gasteiger partial charge in [0.05, 0.1) is 12.5 Å². The van der Waals surface area contributed by atoms with E-state index in [0.717, 1.165) is 0 Å². The lowest BCUT2D eigenvalue weighted by atomic mass is 10.2. The predicted molar refractivity (Wildman–Crippen MR) is 53.7 cm³/mol. The summed E-state index contributed by atoms with van der Waals surface area (Å²) in [5.41, 5.74) is 0. The van der Waals surface area contributed by atoms with Gasteiger partial charge in [-0.2, -0.15) is 0 Å². The fourth-order valence-corrected chi connectivity index (χ4v) is 0.887. The molecule has 0 aliphatic rings. The fraction of sp³-hybridized carbons (Fsp3) is 0.667. The van der Waals surface area contributed by atoms with Gasteiger partial charge >= 0.3 is 5.97 Å². The van der Waals surface area contributed by atoms with Crippen LogP contribution in [0.1, 0.15) is 13.8 Å². The van der Waals surface area contributed by atoms with E-state index in [1.807, 2.05) is 6.92 Å². The summed E-state index contributed by atoms with van der Waals surface area (Å²) in [4.78, 5) is 11.1. The number of esters is 1. The third kappa shape index (κ3) is 6.61. The van der Waals surface area contributed by atoms with Gasteiger partial charge in [-0.15, -0.1) is 0 Å². The molecule has 1 unspecified atom stereocenters. The minimum atomic E-state index is -0.185. The van der Waals surface area contributed by atoms with Crippen LogP contribution in [-0.4, -0.2) is 25.7 Å². The topological polar surface area (TPSA) is 38.3 Å². The summed E-state index contributed by atoms with van der Waals surface area (Å²) in [5.74, 6) is -0.328.